The Bertz CT molecular complexity index is 867. The Morgan fingerprint density at radius 1 is 0.923 bits per heavy atom. The number of halogens is 1. The molecule has 0 unspecified atom stereocenters. The number of unbranched alkanes of at least 4 members (excludes halogenated alkanes) is 1. The number of carbonyl (C=O) groups is 1. The molecule has 3 aromatic rings. The van der Waals surface area contributed by atoms with Crippen molar-refractivity contribution in [3.63, 3.8) is 0 Å². The van der Waals surface area contributed by atoms with Gasteiger partial charge < -0.3 is 5.11 Å². The van der Waals surface area contributed by atoms with Crippen LogP contribution in [0.5, 0.6) is 0 Å². The van der Waals surface area contributed by atoms with E-state index in [4.69, 9.17) is 0 Å². The standard InChI is InChI=1S/C23H24O2.ClH/c1-17(20-16-8-13-18-10-4-6-14-21(18)20)9-2-3-11-19-12-5-7-15-22(19)23(24)25;/h4-8,10,12-17H,2-3,9,11H2,1H3,(H,24,25);1H/t17-;/m0./s1. The summed E-state index contributed by atoms with van der Waals surface area (Å²) in [6.45, 7) is 2.28. The maximum absolute atomic E-state index is 11.3. The van der Waals surface area contributed by atoms with Crippen LogP contribution in [0.3, 0.4) is 0 Å². The summed E-state index contributed by atoms with van der Waals surface area (Å²) in [6.07, 6.45) is 4.05. The predicted octanol–water partition coefficient (Wildman–Crippen LogP) is 6.48. The van der Waals surface area contributed by atoms with Crippen molar-refractivity contribution in [3.05, 3.63) is 83.4 Å². The molecule has 0 bridgehead atoms. The van der Waals surface area contributed by atoms with Gasteiger partial charge in [-0.3, -0.25) is 0 Å². The summed E-state index contributed by atoms with van der Waals surface area (Å²) in [4.78, 5) is 11.3. The quantitative estimate of drug-likeness (QED) is 0.485. The molecule has 0 fully saturated rings. The van der Waals surface area contributed by atoms with Crippen LogP contribution in [0.1, 0.15) is 53.6 Å². The predicted molar refractivity (Wildman–Crippen MR) is 111 cm³/mol. The Morgan fingerprint density at radius 3 is 2.42 bits per heavy atom. The molecule has 0 amide bonds. The van der Waals surface area contributed by atoms with Crippen molar-refractivity contribution < 1.29 is 9.90 Å². The van der Waals surface area contributed by atoms with E-state index >= 15 is 0 Å². The van der Waals surface area contributed by atoms with E-state index in [0.717, 1.165) is 31.2 Å². The number of hydrogen-bond acceptors (Lipinski definition) is 1. The summed E-state index contributed by atoms with van der Waals surface area (Å²) in [5, 5.41) is 11.9. The minimum Gasteiger partial charge on any atom is -0.478 e. The highest BCUT2D eigenvalue weighted by Crippen LogP contribution is 2.29. The average Bonchev–Trinajstić information content (AvgIpc) is 2.64. The van der Waals surface area contributed by atoms with Gasteiger partial charge in [0.2, 0.25) is 0 Å². The van der Waals surface area contributed by atoms with E-state index in [2.05, 4.69) is 49.4 Å². The van der Waals surface area contributed by atoms with Gasteiger partial charge in [-0.05, 0) is 53.1 Å². The summed E-state index contributed by atoms with van der Waals surface area (Å²) in [5.74, 6) is -0.333. The molecule has 1 N–H and O–H groups in total. The van der Waals surface area contributed by atoms with Crippen LogP contribution in [0, 0.1) is 0 Å². The molecule has 0 heterocycles. The fourth-order valence-electron chi connectivity index (χ4n) is 3.55. The van der Waals surface area contributed by atoms with E-state index in [1.54, 1.807) is 12.1 Å². The summed E-state index contributed by atoms with van der Waals surface area (Å²) < 4.78 is 0. The Labute approximate surface area is 161 Å². The van der Waals surface area contributed by atoms with Gasteiger partial charge in [0.25, 0.3) is 0 Å². The van der Waals surface area contributed by atoms with Crippen LogP contribution >= 0.6 is 12.4 Å². The van der Waals surface area contributed by atoms with Gasteiger partial charge in [-0.25, -0.2) is 4.79 Å². The normalized spacial score (nSPS) is 11.7. The van der Waals surface area contributed by atoms with E-state index in [-0.39, 0.29) is 12.4 Å². The lowest BCUT2D eigenvalue weighted by molar-refractivity contribution is 0.0695. The van der Waals surface area contributed by atoms with Crippen LogP contribution in [0.4, 0.5) is 0 Å². The second-order valence-corrected chi connectivity index (χ2v) is 6.68. The Hall–Kier alpha value is -2.32. The Kier molecular flexibility index (Phi) is 7.23. The topological polar surface area (TPSA) is 37.3 Å². The highest BCUT2D eigenvalue weighted by atomic mass is 35.5. The minimum atomic E-state index is -0.834. The number of benzene rings is 3. The van der Waals surface area contributed by atoms with Crippen LogP contribution in [0.15, 0.2) is 66.7 Å². The van der Waals surface area contributed by atoms with E-state index in [9.17, 15) is 9.90 Å². The van der Waals surface area contributed by atoms with Crippen LogP contribution in [0.2, 0.25) is 0 Å². The zero-order valence-electron chi connectivity index (χ0n) is 15.0. The zero-order chi connectivity index (χ0) is 17.6. The third-order valence-corrected chi connectivity index (χ3v) is 4.94. The molecule has 0 radical (unpaired) electrons. The number of hydrogen-bond donors (Lipinski definition) is 1. The highest BCUT2D eigenvalue weighted by Gasteiger charge is 2.11. The largest absolute Gasteiger partial charge is 0.478 e. The van der Waals surface area contributed by atoms with Crippen molar-refractivity contribution in [2.75, 3.05) is 0 Å². The van der Waals surface area contributed by atoms with Gasteiger partial charge in [-0.2, -0.15) is 0 Å². The average molecular weight is 369 g/mol. The fraction of sp³-hybridized carbons (Fsp3) is 0.261. The SMILES string of the molecule is C[C@@H](CCCCc1ccccc1C(=O)O)c1cccc2ccccc12.Cl. The molecule has 26 heavy (non-hydrogen) atoms. The first kappa shape index (κ1) is 20.0. The summed E-state index contributed by atoms with van der Waals surface area (Å²) in [7, 11) is 0. The Balaban J connectivity index is 0.00000243. The maximum Gasteiger partial charge on any atom is 0.335 e. The maximum atomic E-state index is 11.3. The molecule has 0 saturated carbocycles. The monoisotopic (exact) mass is 368 g/mol. The minimum absolute atomic E-state index is 0. The molecule has 1 atom stereocenters. The highest BCUT2D eigenvalue weighted by molar-refractivity contribution is 5.89. The fourth-order valence-corrected chi connectivity index (χ4v) is 3.55. The van der Waals surface area contributed by atoms with Crippen molar-refractivity contribution >= 4 is 29.1 Å². The molecule has 0 aliphatic heterocycles. The van der Waals surface area contributed by atoms with Crippen molar-refractivity contribution in [1.82, 2.24) is 0 Å². The zero-order valence-corrected chi connectivity index (χ0v) is 15.8. The van der Waals surface area contributed by atoms with Crippen LogP contribution in [-0.2, 0) is 6.42 Å². The molecular weight excluding hydrogens is 344 g/mol. The van der Waals surface area contributed by atoms with Gasteiger partial charge in [-0.1, -0.05) is 74.0 Å². The molecule has 0 saturated heterocycles. The smallest absolute Gasteiger partial charge is 0.335 e. The summed E-state index contributed by atoms with van der Waals surface area (Å²) in [5.41, 5.74) is 2.78. The molecular formula is C23H25ClO2. The molecule has 2 nitrogen and oxygen atoms in total. The molecule has 0 aliphatic rings. The van der Waals surface area contributed by atoms with Gasteiger partial charge >= 0.3 is 5.97 Å². The molecule has 3 aromatic carbocycles. The molecule has 136 valence electrons. The van der Waals surface area contributed by atoms with Gasteiger partial charge in [0.1, 0.15) is 0 Å². The van der Waals surface area contributed by atoms with Crippen LogP contribution in [-0.4, -0.2) is 11.1 Å². The molecule has 0 spiro atoms. The van der Waals surface area contributed by atoms with Gasteiger partial charge in [0.15, 0.2) is 0 Å². The Morgan fingerprint density at radius 2 is 1.62 bits per heavy atom. The lowest BCUT2D eigenvalue weighted by atomic mass is 9.90. The van der Waals surface area contributed by atoms with Crippen molar-refractivity contribution in [2.45, 2.75) is 38.5 Å². The number of carboxylic acids is 1. The second-order valence-electron chi connectivity index (χ2n) is 6.68. The van der Waals surface area contributed by atoms with Gasteiger partial charge in [0, 0.05) is 0 Å². The van der Waals surface area contributed by atoms with Crippen molar-refractivity contribution in [3.8, 4) is 0 Å². The lowest BCUT2D eigenvalue weighted by Gasteiger charge is -2.15. The van der Waals surface area contributed by atoms with E-state index in [1.165, 1.54) is 16.3 Å². The first-order valence-electron chi connectivity index (χ1n) is 8.95. The molecule has 3 rings (SSSR count). The van der Waals surface area contributed by atoms with Gasteiger partial charge in [0.05, 0.1) is 5.56 Å². The van der Waals surface area contributed by atoms with Crippen molar-refractivity contribution in [2.24, 2.45) is 0 Å². The van der Waals surface area contributed by atoms with Gasteiger partial charge in [-0.15, -0.1) is 12.4 Å². The third kappa shape index (κ3) is 4.64. The number of fused-ring (bicyclic) bond motifs is 1. The van der Waals surface area contributed by atoms with Crippen molar-refractivity contribution in [1.29, 1.82) is 0 Å². The first-order valence-corrected chi connectivity index (χ1v) is 8.95. The number of rotatable bonds is 7. The van der Waals surface area contributed by atoms with E-state index in [0.29, 0.717) is 11.5 Å². The van der Waals surface area contributed by atoms with Crippen LogP contribution < -0.4 is 0 Å². The molecule has 0 aliphatic carbocycles. The molecule has 0 aromatic heterocycles. The summed E-state index contributed by atoms with van der Waals surface area (Å²) >= 11 is 0. The van der Waals surface area contributed by atoms with E-state index in [1.807, 2.05) is 12.1 Å². The number of aryl methyl sites for hydroxylation is 1. The second kappa shape index (κ2) is 9.40. The first-order chi connectivity index (χ1) is 12.2. The molecule has 3 heteroatoms. The van der Waals surface area contributed by atoms with E-state index < -0.39 is 5.97 Å². The third-order valence-electron chi connectivity index (χ3n) is 4.94. The summed E-state index contributed by atoms with van der Waals surface area (Å²) in [6, 6.07) is 22.4. The lowest BCUT2D eigenvalue weighted by Crippen LogP contribution is -2.02. The number of aromatic carboxylic acids is 1. The number of carboxylic acid groups (broad SMARTS) is 1. The van der Waals surface area contributed by atoms with Crippen LogP contribution in [0.25, 0.3) is 10.8 Å².